The number of nitriles is 1. The van der Waals surface area contributed by atoms with Crippen molar-refractivity contribution in [3.63, 3.8) is 0 Å². The molecule has 0 spiro atoms. The third kappa shape index (κ3) is 2.67. The summed E-state index contributed by atoms with van der Waals surface area (Å²) in [6.45, 7) is 1.88. The lowest BCUT2D eigenvalue weighted by Gasteiger charge is -2.11. The summed E-state index contributed by atoms with van der Waals surface area (Å²) in [7, 11) is 0. The normalized spacial score (nSPS) is 10.2. The van der Waals surface area contributed by atoms with E-state index in [-0.39, 0.29) is 12.1 Å². The first-order chi connectivity index (χ1) is 9.02. The number of aryl methyl sites for hydroxylation is 1. The summed E-state index contributed by atoms with van der Waals surface area (Å²) in [4.78, 5) is 12.0. The molecule has 0 aliphatic heterocycles. The van der Waals surface area contributed by atoms with Crippen molar-refractivity contribution in [2.24, 2.45) is 0 Å². The van der Waals surface area contributed by atoms with Gasteiger partial charge in [0.1, 0.15) is 17.4 Å². The minimum atomic E-state index is -0.415. The maximum absolute atomic E-state index is 13.2. The molecule has 1 aromatic heterocycles. The Hall–Kier alpha value is -2.12. The zero-order chi connectivity index (χ0) is 14.0. The maximum atomic E-state index is 13.2. The highest BCUT2D eigenvalue weighted by atomic mass is 35.5. The first-order valence-corrected chi connectivity index (χ1v) is 5.95. The highest BCUT2D eigenvalue weighted by molar-refractivity contribution is 6.31. The van der Waals surface area contributed by atoms with Crippen molar-refractivity contribution in [1.82, 2.24) is 4.57 Å². The number of hydrogen-bond donors (Lipinski definition) is 0. The molecule has 0 bridgehead atoms. The molecule has 0 atom stereocenters. The Bertz CT molecular complexity index is 731. The molecule has 0 fully saturated rings. The molecular formula is C14H10ClFN2O. The SMILES string of the molecule is Cc1ccc(C#N)c(=O)n1Cc1cc(F)ccc1Cl. The molecule has 1 aromatic carbocycles. The third-order valence-electron chi connectivity index (χ3n) is 2.85. The van der Waals surface area contributed by atoms with Gasteiger partial charge in [0, 0.05) is 10.7 Å². The average molecular weight is 277 g/mol. The molecule has 2 rings (SSSR count). The Morgan fingerprint density at radius 1 is 1.37 bits per heavy atom. The Morgan fingerprint density at radius 2 is 2.11 bits per heavy atom. The largest absolute Gasteiger partial charge is 0.307 e. The predicted octanol–water partition coefficient (Wildman–Crippen LogP) is 2.87. The summed E-state index contributed by atoms with van der Waals surface area (Å²) in [6, 6.07) is 8.97. The molecule has 0 N–H and O–H groups in total. The van der Waals surface area contributed by atoms with Crippen molar-refractivity contribution in [2.75, 3.05) is 0 Å². The van der Waals surface area contributed by atoms with Crippen LogP contribution in [0.5, 0.6) is 0 Å². The van der Waals surface area contributed by atoms with E-state index in [0.717, 1.165) is 0 Å². The number of benzene rings is 1. The molecular weight excluding hydrogens is 267 g/mol. The number of nitrogens with zero attached hydrogens (tertiary/aromatic N) is 2. The number of halogens is 2. The lowest BCUT2D eigenvalue weighted by Crippen LogP contribution is -2.25. The number of aromatic nitrogens is 1. The Morgan fingerprint density at radius 3 is 2.79 bits per heavy atom. The van der Waals surface area contributed by atoms with Gasteiger partial charge in [0.2, 0.25) is 0 Å². The summed E-state index contributed by atoms with van der Waals surface area (Å²) in [5, 5.41) is 9.23. The van der Waals surface area contributed by atoms with Gasteiger partial charge in [-0.15, -0.1) is 0 Å². The fraction of sp³-hybridized carbons (Fsp3) is 0.143. The van der Waals surface area contributed by atoms with Crippen LogP contribution in [0.3, 0.4) is 0 Å². The van der Waals surface area contributed by atoms with Gasteiger partial charge in [-0.05, 0) is 42.8 Å². The van der Waals surface area contributed by atoms with Crippen molar-refractivity contribution >= 4 is 11.6 Å². The van der Waals surface area contributed by atoms with Crippen LogP contribution >= 0.6 is 11.6 Å². The van der Waals surface area contributed by atoms with Crippen LogP contribution in [0.25, 0.3) is 0 Å². The molecule has 96 valence electrons. The predicted molar refractivity (Wildman–Crippen MR) is 70.7 cm³/mol. The number of rotatable bonds is 2. The Labute approximate surface area is 114 Å². The smallest absolute Gasteiger partial charge is 0.268 e. The van der Waals surface area contributed by atoms with Gasteiger partial charge in [0.15, 0.2) is 0 Å². The molecule has 0 radical (unpaired) electrons. The fourth-order valence-corrected chi connectivity index (χ4v) is 1.96. The highest BCUT2D eigenvalue weighted by Gasteiger charge is 2.09. The summed E-state index contributed by atoms with van der Waals surface area (Å²) in [5.41, 5.74) is 0.840. The summed E-state index contributed by atoms with van der Waals surface area (Å²) < 4.78 is 14.6. The van der Waals surface area contributed by atoms with Crippen LogP contribution in [-0.2, 0) is 6.54 Å². The second kappa shape index (κ2) is 5.25. The number of pyridine rings is 1. The standard InChI is InChI=1S/C14H10ClFN2O/c1-9-2-3-10(7-17)14(19)18(9)8-11-6-12(16)4-5-13(11)15/h2-6H,8H2,1H3. The molecule has 19 heavy (non-hydrogen) atoms. The van der Waals surface area contributed by atoms with Crippen molar-refractivity contribution in [3.8, 4) is 6.07 Å². The molecule has 0 aliphatic rings. The maximum Gasteiger partial charge on any atom is 0.268 e. The molecule has 3 nitrogen and oxygen atoms in total. The van der Waals surface area contributed by atoms with E-state index < -0.39 is 11.4 Å². The van der Waals surface area contributed by atoms with Gasteiger partial charge in [-0.1, -0.05) is 11.6 Å². The van der Waals surface area contributed by atoms with Crippen LogP contribution in [0.1, 0.15) is 16.8 Å². The van der Waals surface area contributed by atoms with Crippen molar-refractivity contribution in [1.29, 1.82) is 5.26 Å². The first kappa shape index (κ1) is 13.3. The molecule has 0 saturated carbocycles. The molecule has 0 saturated heterocycles. The molecule has 2 aromatic rings. The van der Waals surface area contributed by atoms with Gasteiger partial charge < -0.3 is 4.57 Å². The molecule has 1 heterocycles. The molecule has 0 aliphatic carbocycles. The summed E-state index contributed by atoms with van der Waals surface area (Å²) in [5.74, 6) is -0.415. The van der Waals surface area contributed by atoms with E-state index in [9.17, 15) is 9.18 Å². The highest BCUT2D eigenvalue weighted by Crippen LogP contribution is 2.18. The quantitative estimate of drug-likeness (QED) is 0.847. The Kier molecular flexibility index (Phi) is 3.68. The van der Waals surface area contributed by atoms with Crippen LogP contribution in [0.4, 0.5) is 4.39 Å². The molecule has 0 unspecified atom stereocenters. The van der Waals surface area contributed by atoms with E-state index in [1.54, 1.807) is 13.0 Å². The van der Waals surface area contributed by atoms with Gasteiger partial charge in [-0.2, -0.15) is 5.26 Å². The van der Waals surface area contributed by atoms with Crippen LogP contribution < -0.4 is 5.56 Å². The van der Waals surface area contributed by atoms with Gasteiger partial charge in [0.25, 0.3) is 5.56 Å². The monoisotopic (exact) mass is 276 g/mol. The summed E-state index contributed by atoms with van der Waals surface area (Å²) in [6.07, 6.45) is 0. The van der Waals surface area contributed by atoms with E-state index in [0.29, 0.717) is 16.3 Å². The second-order valence-electron chi connectivity index (χ2n) is 4.13. The lowest BCUT2D eigenvalue weighted by molar-refractivity contribution is 0.622. The molecule has 5 heteroatoms. The lowest BCUT2D eigenvalue weighted by atomic mass is 10.2. The van der Waals surface area contributed by atoms with Crippen molar-refractivity contribution in [3.05, 3.63) is 68.3 Å². The van der Waals surface area contributed by atoms with Gasteiger partial charge in [-0.3, -0.25) is 4.79 Å². The van der Waals surface area contributed by atoms with E-state index in [1.165, 1.54) is 28.8 Å². The second-order valence-corrected chi connectivity index (χ2v) is 4.53. The van der Waals surface area contributed by atoms with E-state index in [4.69, 9.17) is 16.9 Å². The van der Waals surface area contributed by atoms with Crippen LogP contribution in [-0.4, -0.2) is 4.57 Å². The van der Waals surface area contributed by atoms with E-state index >= 15 is 0 Å². The topological polar surface area (TPSA) is 45.8 Å². The van der Waals surface area contributed by atoms with Gasteiger partial charge >= 0.3 is 0 Å². The van der Waals surface area contributed by atoms with Crippen molar-refractivity contribution in [2.45, 2.75) is 13.5 Å². The van der Waals surface area contributed by atoms with Crippen molar-refractivity contribution < 1.29 is 4.39 Å². The van der Waals surface area contributed by atoms with Crippen LogP contribution in [0, 0.1) is 24.1 Å². The van der Waals surface area contributed by atoms with E-state index in [2.05, 4.69) is 0 Å². The van der Waals surface area contributed by atoms with Crippen LogP contribution in [0.15, 0.2) is 35.1 Å². The van der Waals surface area contributed by atoms with E-state index in [1.807, 2.05) is 6.07 Å². The minimum absolute atomic E-state index is 0.0538. The number of hydrogen-bond acceptors (Lipinski definition) is 2. The average Bonchev–Trinajstić information content (AvgIpc) is 2.38. The van der Waals surface area contributed by atoms with Gasteiger partial charge in [-0.25, -0.2) is 4.39 Å². The first-order valence-electron chi connectivity index (χ1n) is 5.57. The fourth-order valence-electron chi connectivity index (χ4n) is 1.79. The zero-order valence-corrected chi connectivity index (χ0v) is 10.9. The Balaban J connectivity index is 2.53. The zero-order valence-electron chi connectivity index (χ0n) is 10.2. The third-order valence-corrected chi connectivity index (χ3v) is 3.22. The van der Waals surface area contributed by atoms with Gasteiger partial charge in [0.05, 0.1) is 6.54 Å². The summed E-state index contributed by atoms with van der Waals surface area (Å²) >= 11 is 5.98. The minimum Gasteiger partial charge on any atom is -0.307 e. The van der Waals surface area contributed by atoms with Crippen LogP contribution in [0.2, 0.25) is 5.02 Å². The molecule has 0 amide bonds.